The van der Waals surface area contributed by atoms with Gasteiger partial charge in [-0.2, -0.15) is 4.31 Å². The molecule has 2 heterocycles. The number of pyridine rings is 1. The summed E-state index contributed by atoms with van der Waals surface area (Å²) in [6, 6.07) is 10.1. The molecule has 3 rings (SSSR count). The van der Waals surface area contributed by atoms with Gasteiger partial charge in [0.05, 0.1) is 23.3 Å². The molecule has 0 bridgehead atoms. The van der Waals surface area contributed by atoms with Crippen molar-refractivity contribution in [3.63, 3.8) is 0 Å². The Kier molecular flexibility index (Phi) is 9.31. The lowest BCUT2D eigenvalue weighted by atomic mass is 10.2. The zero-order valence-corrected chi connectivity index (χ0v) is 18.4. The lowest BCUT2D eigenvalue weighted by molar-refractivity contribution is -0.117. The van der Waals surface area contributed by atoms with Gasteiger partial charge in [-0.15, -0.1) is 24.8 Å². The van der Waals surface area contributed by atoms with E-state index in [1.54, 1.807) is 36.4 Å². The third-order valence-electron chi connectivity index (χ3n) is 4.43. The monoisotopic (exact) mass is 461 g/mol. The van der Waals surface area contributed by atoms with Crippen molar-refractivity contribution >= 4 is 52.2 Å². The number of carbonyl (C=O) groups excluding carboxylic acids is 1. The van der Waals surface area contributed by atoms with E-state index in [0.717, 1.165) is 5.56 Å². The fourth-order valence-corrected chi connectivity index (χ4v) is 4.29. The molecule has 160 valence electrons. The van der Waals surface area contributed by atoms with Gasteiger partial charge in [-0.3, -0.25) is 9.69 Å². The van der Waals surface area contributed by atoms with Gasteiger partial charge < -0.3 is 11.1 Å². The summed E-state index contributed by atoms with van der Waals surface area (Å²) in [6.07, 6.45) is 1.50. The number of sulfonamides is 1. The second kappa shape index (κ2) is 10.7. The van der Waals surface area contributed by atoms with E-state index in [1.165, 1.54) is 10.5 Å². The highest BCUT2D eigenvalue weighted by Crippen LogP contribution is 2.18. The molecule has 0 atom stereocenters. The Labute approximate surface area is 183 Å². The molecule has 1 aromatic heterocycles. The molecule has 0 saturated carbocycles. The topological polar surface area (TPSA) is 109 Å². The zero-order chi connectivity index (χ0) is 19.4. The van der Waals surface area contributed by atoms with Crippen molar-refractivity contribution in [2.75, 3.05) is 43.8 Å². The van der Waals surface area contributed by atoms with Crippen molar-refractivity contribution in [1.82, 2.24) is 14.2 Å². The summed E-state index contributed by atoms with van der Waals surface area (Å²) < 4.78 is 26.9. The molecular weight excluding hydrogens is 437 g/mol. The van der Waals surface area contributed by atoms with Crippen molar-refractivity contribution in [3.8, 4) is 0 Å². The molecule has 1 aromatic carbocycles. The minimum absolute atomic E-state index is 0. The number of rotatable bonds is 5. The molecule has 2 aromatic rings. The minimum atomic E-state index is -3.50. The molecule has 1 aliphatic rings. The van der Waals surface area contributed by atoms with Crippen LogP contribution >= 0.6 is 24.8 Å². The van der Waals surface area contributed by atoms with E-state index >= 15 is 0 Å². The molecule has 8 nitrogen and oxygen atoms in total. The molecule has 29 heavy (non-hydrogen) atoms. The van der Waals surface area contributed by atoms with Crippen LogP contribution in [0.3, 0.4) is 0 Å². The molecule has 1 amide bonds. The van der Waals surface area contributed by atoms with Crippen molar-refractivity contribution in [1.29, 1.82) is 0 Å². The maximum Gasteiger partial charge on any atom is 0.243 e. The molecular formula is C18H25Cl2N5O3S. The number of aryl methyl sites for hydroxylation is 1. The molecule has 0 radical (unpaired) electrons. The summed E-state index contributed by atoms with van der Waals surface area (Å²) in [5.41, 5.74) is 7.11. The van der Waals surface area contributed by atoms with E-state index < -0.39 is 10.0 Å². The van der Waals surface area contributed by atoms with Gasteiger partial charge in [0.2, 0.25) is 15.9 Å². The predicted octanol–water partition coefficient (Wildman–Crippen LogP) is 1.76. The maximum atomic E-state index is 12.7. The number of hydrogen-bond acceptors (Lipinski definition) is 6. The highest BCUT2D eigenvalue weighted by molar-refractivity contribution is 7.89. The van der Waals surface area contributed by atoms with E-state index in [-0.39, 0.29) is 37.3 Å². The molecule has 1 aliphatic heterocycles. The number of benzene rings is 1. The van der Waals surface area contributed by atoms with Crippen LogP contribution in [0, 0.1) is 6.92 Å². The zero-order valence-electron chi connectivity index (χ0n) is 15.9. The van der Waals surface area contributed by atoms with Gasteiger partial charge in [-0.1, -0.05) is 17.7 Å². The standard InChI is InChI=1S/C18H23N5O3S.2ClH/c1-14-2-5-16(6-3-14)27(25,26)23-10-8-22(9-11-23)13-18(24)21-15-4-7-17(19)20-12-15;;/h2-7,12H,8-11,13H2,1H3,(H2,19,20)(H,21,24);2*1H. The summed E-state index contributed by atoms with van der Waals surface area (Å²) in [7, 11) is -3.50. The third-order valence-corrected chi connectivity index (χ3v) is 6.34. The Hall–Kier alpha value is -1.91. The van der Waals surface area contributed by atoms with Gasteiger partial charge in [0.25, 0.3) is 0 Å². The van der Waals surface area contributed by atoms with Crippen LogP contribution in [0.4, 0.5) is 11.5 Å². The highest BCUT2D eigenvalue weighted by atomic mass is 35.5. The average molecular weight is 462 g/mol. The molecule has 0 aliphatic carbocycles. The second-order valence-electron chi connectivity index (χ2n) is 6.51. The van der Waals surface area contributed by atoms with Crippen LogP contribution in [0.1, 0.15) is 5.56 Å². The van der Waals surface area contributed by atoms with Crippen LogP contribution in [0.5, 0.6) is 0 Å². The predicted molar refractivity (Wildman–Crippen MR) is 118 cm³/mol. The Morgan fingerprint density at radius 1 is 1.07 bits per heavy atom. The number of aromatic nitrogens is 1. The van der Waals surface area contributed by atoms with E-state index in [9.17, 15) is 13.2 Å². The maximum absolute atomic E-state index is 12.7. The first-order chi connectivity index (χ1) is 12.8. The largest absolute Gasteiger partial charge is 0.384 e. The first kappa shape index (κ1) is 25.1. The molecule has 0 spiro atoms. The quantitative estimate of drug-likeness (QED) is 0.701. The highest BCUT2D eigenvalue weighted by Gasteiger charge is 2.28. The Morgan fingerprint density at radius 3 is 2.24 bits per heavy atom. The number of amides is 1. The van der Waals surface area contributed by atoms with E-state index in [0.29, 0.717) is 42.6 Å². The summed E-state index contributed by atoms with van der Waals surface area (Å²) in [4.78, 5) is 18.3. The molecule has 1 fully saturated rings. The number of nitrogens with two attached hydrogens (primary N) is 1. The number of nitrogens with one attached hydrogen (secondary N) is 1. The SMILES string of the molecule is Cc1ccc(S(=O)(=O)N2CCN(CC(=O)Nc3ccc(N)nc3)CC2)cc1.Cl.Cl. The van der Waals surface area contributed by atoms with Gasteiger partial charge in [0, 0.05) is 26.2 Å². The van der Waals surface area contributed by atoms with Crippen molar-refractivity contribution < 1.29 is 13.2 Å². The Bertz CT molecular complexity index is 900. The smallest absolute Gasteiger partial charge is 0.243 e. The lowest BCUT2D eigenvalue weighted by Crippen LogP contribution is -2.50. The van der Waals surface area contributed by atoms with Crippen LogP contribution in [-0.4, -0.2) is 61.2 Å². The number of anilines is 2. The van der Waals surface area contributed by atoms with Crippen molar-refractivity contribution in [2.45, 2.75) is 11.8 Å². The van der Waals surface area contributed by atoms with Crippen molar-refractivity contribution in [3.05, 3.63) is 48.2 Å². The lowest BCUT2D eigenvalue weighted by Gasteiger charge is -2.33. The van der Waals surface area contributed by atoms with Gasteiger partial charge in [0.1, 0.15) is 5.82 Å². The number of piperazine rings is 1. The van der Waals surface area contributed by atoms with Crippen LogP contribution in [0.15, 0.2) is 47.5 Å². The van der Waals surface area contributed by atoms with E-state index in [1.807, 2.05) is 11.8 Å². The van der Waals surface area contributed by atoms with Crippen LogP contribution in [0.2, 0.25) is 0 Å². The van der Waals surface area contributed by atoms with E-state index in [4.69, 9.17) is 5.73 Å². The van der Waals surface area contributed by atoms with Crippen LogP contribution in [-0.2, 0) is 14.8 Å². The first-order valence-corrected chi connectivity index (χ1v) is 10.1. The molecule has 3 N–H and O–H groups in total. The first-order valence-electron chi connectivity index (χ1n) is 8.65. The number of halogens is 2. The number of nitrogens with zero attached hydrogens (tertiary/aromatic N) is 3. The fourth-order valence-electron chi connectivity index (χ4n) is 2.87. The summed E-state index contributed by atoms with van der Waals surface area (Å²) in [5.74, 6) is 0.218. The molecule has 1 saturated heterocycles. The van der Waals surface area contributed by atoms with Gasteiger partial charge in [-0.05, 0) is 31.2 Å². The van der Waals surface area contributed by atoms with Gasteiger partial charge in [0.15, 0.2) is 0 Å². The Morgan fingerprint density at radius 2 is 1.69 bits per heavy atom. The van der Waals surface area contributed by atoms with Crippen LogP contribution < -0.4 is 11.1 Å². The number of nitrogen functional groups attached to an aromatic ring is 1. The van der Waals surface area contributed by atoms with E-state index in [2.05, 4.69) is 10.3 Å². The summed E-state index contributed by atoms with van der Waals surface area (Å²) in [5, 5.41) is 2.76. The number of carbonyl (C=O) groups is 1. The van der Waals surface area contributed by atoms with Crippen molar-refractivity contribution in [2.24, 2.45) is 0 Å². The fraction of sp³-hybridized carbons (Fsp3) is 0.333. The molecule has 11 heteroatoms. The molecule has 0 unspecified atom stereocenters. The van der Waals surface area contributed by atoms with Gasteiger partial charge >= 0.3 is 0 Å². The number of hydrogen-bond donors (Lipinski definition) is 2. The third kappa shape index (κ3) is 6.55. The normalized spacial score (nSPS) is 15.1. The second-order valence-corrected chi connectivity index (χ2v) is 8.45. The Balaban J connectivity index is 0.00000210. The summed E-state index contributed by atoms with van der Waals surface area (Å²) >= 11 is 0. The summed E-state index contributed by atoms with van der Waals surface area (Å²) in [6.45, 7) is 3.82. The average Bonchev–Trinajstić information content (AvgIpc) is 2.64. The van der Waals surface area contributed by atoms with Crippen LogP contribution in [0.25, 0.3) is 0 Å². The van der Waals surface area contributed by atoms with Gasteiger partial charge in [-0.25, -0.2) is 13.4 Å². The minimum Gasteiger partial charge on any atom is -0.384 e.